The van der Waals surface area contributed by atoms with Crippen LogP contribution in [0.4, 0.5) is 18.0 Å². The van der Waals surface area contributed by atoms with Gasteiger partial charge in [0.2, 0.25) is 23.5 Å². The number of halogens is 3. The zero-order chi connectivity index (χ0) is 42.9. The summed E-state index contributed by atoms with van der Waals surface area (Å²) in [6, 6.07) is 3.06. The normalized spacial score (nSPS) is 17.6. The van der Waals surface area contributed by atoms with E-state index in [1.807, 2.05) is 0 Å². The number of amides is 5. The van der Waals surface area contributed by atoms with Crippen LogP contribution in [-0.2, 0) is 33.5 Å². The van der Waals surface area contributed by atoms with Gasteiger partial charge >= 0.3 is 12.3 Å². The second kappa shape index (κ2) is 23.0. The third kappa shape index (κ3) is 18.0. The van der Waals surface area contributed by atoms with E-state index in [2.05, 4.69) is 26.6 Å². The van der Waals surface area contributed by atoms with E-state index in [9.17, 15) is 46.7 Å². The van der Waals surface area contributed by atoms with Gasteiger partial charge in [-0.2, -0.15) is 13.2 Å². The van der Waals surface area contributed by atoms with Gasteiger partial charge in [-0.15, -0.1) is 0 Å². The second-order valence-corrected chi connectivity index (χ2v) is 15.5. The van der Waals surface area contributed by atoms with Crippen molar-refractivity contribution in [2.24, 2.45) is 5.92 Å². The molecule has 4 unspecified atom stereocenters. The number of alkyl carbamates (subject to hydrolysis) is 1. The van der Waals surface area contributed by atoms with Gasteiger partial charge in [-0.3, -0.25) is 28.8 Å². The zero-order valence-electron chi connectivity index (χ0n) is 33.6. The molecule has 2 aliphatic rings. The first-order chi connectivity index (χ1) is 26.6. The van der Waals surface area contributed by atoms with Gasteiger partial charge in [-0.05, 0) is 85.3 Å². The van der Waals surface area contributed by atoms with Crippen molar-refractivity contribution in [1.29, 1.82) is 0 Å². The fraction of sp³-hybridized carbons (Fsp3) is 0.667. The van der Waals surface area contributed by atoms with E-state index in [-0.39, 0.29) is 25.4 Å². The van der Waals surface area contributed by atoms with E-state index in [1.54, 1.807) is 72.0 Å². The summed E-state index contributed by atoms with van der Waals surface area (Å²) in [6.07, 6.45) is -4.00. The van der Waals surface area contributed by atoms with Crippen molar-refractivity contribution in [2.75, 3.05) is 26.7 Å². The quantitative estimate of drug-likeness (QED) is 0.127. The lowest BCUT2D eigenvalue weighted by atomic mass is 9.83. The molecule has 6 N–H and O–H groups in total. The SMILES string of the molecule is CC(C)(C)O.CNCC(=O)C(NC(=O)CNC(=O)C(=O)C(CCC(F)(F)F)NC(=O)C1CCCN1C(=O)C(NC(=O)OC(C)C)C1CCCCC1)c1ccccc1. The Morgan fingerprint density at radius 2 is 1.49 bits per heavy atom. The number of benzene rings is 1. The minimum Gasteiger partial charge on any atom is -0.447 e. The Kier molecular flexibility index (Phi) is 19.6. The first kappa shape index (κ1) is 48.6. The highest BCUT2D eigenvalue weighted by molar-refractivity contribution is 6.38. The zero-order valence-corrected chi connectivity index (χ0v) is 33.6. The van der Waals surface area contributed by atoms with Gasteiger partial charge in [0.05, 0.1) is 30.8 Å². The number of nitrogens with one attached hydrogen (secondary N) is 5. The molecule has 0 bridgehead atoms. The van der Waals surface area contributed by atoms with Crippen molar-refractivity contribution in [3.8, 4) is 0 Å². The van der Waals surface area contributed by atoms with Crippen LogP contribution in [0, 0.1) is 5.92 Å². The van der Waals surface area contributed by atoms with Crippen LogP contribution in [0.25, 0.3) is 0 Å². The Balaban J connectivity index is 0.00000210. The molecular formula is C39H59F3N6O9. The molecule has 0 radical (unpaired) electrons. The highest BCUT2D eigenvalue weighted by Gasteiger charge is 2.42. The van der Waals surface area contributed by atoms with Crippen molar-refractivity contribution in [3.05, 3.63) is 35.9 Å². The summed E-state index contributed by atoms with van der Waals surface area (Å²) in [7, 11) is 1.54. The van der Waals surface area contributed by atoms with E-state index < -0.39 is 103 Å². The number of hydrogen-bond acceptors (Lipinski definition) is 10. The fourth-order valence-corrected chi connectivity index (χ4v) is 6.44. The molecule has 5 amide bonds. The first-order valence-electron chi connectivity index (χ1n) is 19.3. The van der Waals surface area contributed by atoms with E-state index in [0.717, 1.165) is 19.3 Å². The number of likely N-dealkylation sites (tertiary alicyclic amines) is 1. The maximum atomic E-state index is 13.9. The number of aliphatic hydroxyl groups is 1. The molecule has 1 aromatic carbocycles. The summed E-state index contributed by atoms with van der Waals surface area (Å²) >= 11 is 0. The summed E-state index contributed by atoms with van der Waals surface area (Å²) in [4.78, 5) is 92.6. The van der Waals surface area contributed by atoms with Crippen LogP contribution in [-0.4, -0.2) is 114 Å². The number of Topliss-reactive ketones (excluding diaryl/α,β-unsaturated/α-hetero) is 2. The van der Waals surface area contributed by atoms with Crippen LogP contribution >= 0.6 is 0 Å². The largest absolute Gasteiger partial charge is 0.447 e. The predicted molar refractivity (Wildman–Crippen MR) is 203 cm³/mol. The maximum Gasteiger partial charge on any atom is 0.408 e. The van der Waals surface area contributed by atoms with Crippen molar-refractivity contribution in [2.45, 2.75) is 134 Å². The standard InChI is InChI=1S/C35H49F3N6O8.C4H10O/c1-21(2)52-34(51)43-29(23-13-8-5-9-14-23)33(50)44-18-10-15-25(44)31(48)41-24(16-17-35(36,37)38)30(47)32(49)40-20-27(46)42-28(26(45)19-39-3)22-11-6-4-7-12-22;1-4(2,3)5/h4,6-7,11-12,21,23-25,28-29,39H,5,8-10,13-20H2,1-3H3,(H,40,49)(H,41,48)(H,42,46)(H,43,51);5H,1-3H3. The van der Waals surface area contributed by atoms with Crippen molar-refractivity contribution >= 4 is 41.3 Å². The van der Waals surface area contributed by atoms with Gasteiger partial charge in [0.15, 0.2) is 5.78 Å². The van der Waals surface area contributed by atoms with Gasteiger partial charge in [-0.1, -0.05) is 49.6 Å². The molecule has 1 saturated heterocycles. The number of nitrogens with zero attached hydrogens (tertiary/aromatic N) is 1. The minimum atomic E-state index is -4.73. The van der Waals surface area contributed by atoms with E-state index in [0.29, 0.717) is 24.8 Å². The van der Waals surface area contributed by atoms with Crippen molar-refractivity contribution < 1.29 is 56.6 Å². The lowest BCUT2D eigenvalue weighted by Gasteiger charge is -2.34. The molecule has 3 rings (SSSR count). The minimum absolute atomic E-state index is 0.0856. The van der Waals surface area contributed by atoms with Gasteiger partial charge in [0.1, 0.15) is 18.1 Å². The number of carbonyl (C=O) groups is 7. The number of ketones is 2. The van der Waals surface area contributed by atoms with Crippen LogP contribution < -0.4 is 26.6 Å². The summed E-state index contributed by atoms with van der Waals surface area (Å²) in [5.74, 6) is -5.80. The monoisotopic (exact) mass is 812 g/mol. The average molecular weight is 813 g/mol. The van der Waals surface area contributed by atoms with Crippen molar-refractivity contribution in [3.63, 3.8) is 0 Å². The van der Waals surface area contributed by atoms with Crippen molar-refractivity contribution in [1.82, 2.24) is 31.5 Å². The highest BCUT2D eigenvalue weighted by Crippen LogP contribution is 2.30. The van der Waals surface area contributed by atoms with Crippen LogP contribution in [0.2, 0.25) is 0 Å². The molecule has 0 spiro atoms. The molecule has 1 aromatic rings. The third-order valence-corrected chi connectivity index (χ3v) is 8.94. The number of rotatable bonds is 17. The number of alkyl halides is 3. The van der Waals surface area contributed by atoms with E-state index in [4.69, 9.17) is 9.84 Å². The molecule has 1 saturated carbocycles. The molecule has 57 heavy (non-hydrogen) atoms. The van der Waals surface area contributed by atoms with E-state index in [1.165, 1.54) is 4.90 Å². The topological polar surface area (TPSA) is 212 Å². The third-order valence-electron chi connectivity index (χ3n) is 8.94. The summed E-state index contributed by atoms with van der Waals surface area (Å²) in [6.45, 7) is 7.78. The smallest absolute Gasteiger partial charge is 0.408 e. The number of likely N-dealkylation sites (N-methyl/N-ethyl adjacent to an activating group) is 1. The molecule has 1 aliphatic heterocycles. The van der Waals surface area contributed by atoms with Gasteiger partial charge in [0, 0.05) is 13.0 Å². The maximum absolute atomic E-state index is 13.9. The van der Waals surface area contributed by atoms with Crippen LogP contribution in [0.15, 0.2) is 30.3 Å². The Bertz CT molecular complexity index is 1510. The molecule has 15 nitrogen and oxygen atoms in total. The molecule has 0 aromatic heterocycles. The number of hydrogen-bond donors (Lipinski definition) is 6. The van der Waals surface area contributed by atoms with Crippen LogP contribution in [0.1, 0.15) is 104 Å². The van der Waals surface area contributed by atoms with Crippen LogP contribution in [0.5, 0.6) is 0 Å². The predicted octanol–water partition coefficient (Wildman–Crippen LogP) is 3.00. The highest BCUT2D eigenvalue weighted by atomic mass is 19.4. The summed E-state index contributed by atoms with van der Waals surface area (Å²) < 4.78 is 45.0. The average Bonchev–Trinajstić information content (AvgIpc) is 3.63. The Labute approximate surface area is 332 Å². The fourth-order valence-electron chi connectivity index (χ4n) is 6.44. The molecule has 1 aliphatic carbocycles. The molecule has 18 heteroatoms. The molecule has 320 valence electrons. The number of carbonyl (C=O) groups excluding carboxylic acids is 7. The Hall–Kier alpha value is -4.58. The number of ether oxygens (including phenoxy) is 1. The Morgan fingerprint density at radius 1 is 0.877 bits per heavy atom. The first-order valence-corrected chi connectivity index (χ1v) is 19.3. The van der Waals surface area contributed by atoms with Crippen LogP contribution in [0.3, 0.4) is 0 Å². The van der Waals surface area contributed by atoms with Gasteiger partial charge in [0.25, 0.3) is 5.91 Å². The summed E-state index contributed by atoms with van der Waals surface area (Å²) in [5, 5.41) is 20.7. The van der Waals surface area contributed by atoms with Gasteiger partial charge < -0.3 is 41.3 Å². The molecule has 1 heterocycles. The molecular weight excluding hydrogens is 753 g/mol. The molecule has 4 atom stereocenters. The second-order valence-electron chi connectivity index (χ2n) is 15.5. The van der Waals surface area contributed by atoms with Gasteiger partial charge in [-0.25, -0.2) is 4.79 Å². The molecule has 2 fully saturated rings. The summed E-state index contributed by atoms with van der Waals surface area (Å²) in [5.41, 5.74) is -0.0378. The van der Waals surface area contributed by atoms with E-state index >= 15 is 0 Å². The Morgan fingerprint density at radius 3 is 2.05 bits per heavy atom. The lowest BCUT2D eigenvalue weighted by Crippen LogP contribution is -2.58. The lowest BCUT2D eigenvalue weighted by molar-refractivity contribution is -0.147.